The molecule has 0 spiro atoms. The summed E-state index contributed by atoms with van der Waals surface area (Å²) in [6.07, 6.45) is 5.38. The first-order valence-electron chi connectivity index (χ1n) is 8.27. The second kappa shape index (κ2) is 8.24. The highest BCUT2D eigenvalue weighted by molar-refractivity contribution is 7.89. The van der Waals surface area contributed by atoms with Crippen molar-refractivity contribution in [3.63, 3.8) is 0 Å². The first kappa shape index (κ1) is 18.9. The highest BCUT2D eigenvalue weighted by atomic mass is 32.2. The van der Waals surface area contributed by atoms with Crippen LogP contribution in [-0.4, -0.2) is 32.2 Å². The summed E-state index contributed by atoms with van der Waals surface area (Å²) in [5, 5.41) is 0. The molecule has 1 N–H and O–H groups in total. The summed E-state index contributed by atoms with van der Waals surface area (Å²) in [6, 6.07) is 12.2. The molecule has 8 heteroatoms. The minimum Gasteiger partial charge on any atom is -0.493 e. The van der Waals surface area contributed by atoms with Gasteiger partial charge in [-0.05, 0) is 23.3 Å². The first-order valence-corrected chi connectivity index (χ1v) is 9.75. The number of methoxy groups -OCH3 is 2. The molecule has 3 rings (SSSR count). The Morgan fingerprint density at radius 1 is 1.00 bits per heavy atom. The van der Waals surface area contributed by atoms with E-state index in [0.29, 0.717) is 11.5 Å². The van der Waals surface area contributed by atoms with Crippen LogP contribution < -0.4 is 14.2 Å². The van der Waals surface area contributed by atoms with E-state index >= 15 is 0 Å². The summed E-state index contributed by atoms with van der Waals surface area (Å²) >= 11 is 0. The minimum absolute atomic E-state index is 0.122. The topological polar surface area (TPSA) is 82.5 Å². The average molecular weight is 387 g/mol. The SMILES string of the molecule is COc1ccc(S(=O)(=O)NCc2ccc(Cn3ccnc3)cc2)cc1OC. The van der Waals surface area contributed by atoms with E-state index in [9.17, 15) is 8.42 Å². The van der Waals surface area contributed by atoms with Gasteiger partial charge in [-0.3, -0.25) is 0 Å². The Bertz CT molecular complexity index is 984. The van der Waals surface area contributed by atoms with E-state index in [1.807, 2.05) is 35.0 Å². The highest BCUT2D eigenvalue weighted by Gasteiger charge is 2.16. The lowest BCUT2D eigenvalue weighted by Gasteiger charge is -2.11. The van der Waals surface area contributed by atoms with Gasteiger partial charge < -0.3 is 14.0 Å². The fourth-order valence-corrected chi connectivity index (χ4v) is 3.63. The molecule has 0 fully saturated rings. The molecule has 0 aliphatic carbocycles. The number of imidazole rings is 1. The van der Waals surface area contributed by atoms with Gasteiger partial charge in [-0.25, -0.2) is 18.1 Å². The van der Waals surface area contributed by atoms with Crippen molar-refractivity contribution in [2.75, 3.05) is 14.2 Å². The molecule has 0 amide bonds. The summed E-state index contributed by atoms with van der Waals surface area (Å²) in [7, 11) is -0.699. The smallest absolute Gasteiger partial charge is 0.241 e. The molecule has 0 saturated carbocycles. The van der Waals surface area contributed by atoms with Crippen LogP contribution in [0.4, 0.5) is 0 Å². The molecule has 0 radical (unpaired) electrons. The number of rotatable bonds is 8. The highest BCUT2D eigenvalue weighted by Crippen LogP contribution is 2.29. The van der Waals surface area contributed by atoms with Crippen molar-refractivity contribution in [3.05, 3.63) is 72.3 Å². The maximum Gasteiger partial charge on any atom is 0.241 e. The van der Waals surface area contributed by atoms with Crippen LogP contribution in [0.25, 0.3) is 0 Å². The fourth-order valence-electron chi connectivity index (χ4n) is 2.60. The molecule has 7 nitrogen and oxygen atoms in total. The van der Waals surface area contributed by atoms with Crippen molar-refractivity contribution in [1.82, 2.24) is 14.3 Å². The lowest BCUT2D eigenvalue weighted by molar-refractivity contribution is 0.354. The van der Waals surface area contributed by atoms with Crippen molar-refractivity contribution in [2.24, 2.45) is 0 Å². The van der Waals surface area contributed by atoms with Gasteiger partial charge in [0.15, 0.2) is 11.5 Å². The molecule has 0 atom stereocenters. The van der Waals surface area contributed by atoms with Crippen molar-refractivity contribution in [1.29, 1.82) is 0 Å². The Morgan fingerprint density at radius 2 is 1.70 bits per heavy atom. The van der Waals surface area contributed by atoms with Gasteiger partial charge in [-0.15, -0.1) is 0 Å². The van der Waals surface area contributed by atoms with E-state index in [-0.39, 0.29) is 11.4 Å². The Kier molecular flexibility index (Phi) is 5.78. The molecule has 1 heterocycles. The third-order valence-corrected chi connectivity index (χ3v) is 5.48. The van der Waals surface area contributed by atoms with Gasteiger partial charge >= 0.3 is 0 Å². The van der Waals surface area contributed by atoms with Crippen LogP contribution >= 0.6 is 0 Å². The summed E-state index contributed by atoms with van der Waals surface area (Å²) in [4.78, 5) is 4.14. The second-order valence-electron chi connectivity index (χ2n) is 5.89. The van der Waals surface area contributed by atoms with Crippen molar-refractivity contribution < 1.29 is 17.9 Å². The van der Waals surface area contributed by atoms with E-state index in [1.54, 1.807) is 18.6 Å². The average Bonchev–Trinajstić information content (AvgIpc) is 3.20. The quantitative estimate of drug-likeness (QED) is 0.642. The number of nitrogens with one attached hydrogen (secondary N) is 1. The number of aromatic nitrogens is 2. The maximum absolute atomic E-state index is 12.5. The molecule has 0 aliphatic heterocycles. The van der Waals surface area contributed by atoms with Crippen LogP contribution in [0.15, 0.2) is 66.1 Å². The fraction of sp³-hybridized carbons (Fsp3) is 0.211. The number of nitrogens with zero attached hydrogens (tertiary/aromatic N) is 2. The number of sulfonamides is 1. The Hall–Kier alpha value is -2.84. The standard InChI is InChI=1S/C19H21N3O4S/c1-25-18-8-7-17(11-19(18)26-2)27(23,24)21-12-15-3-5-16(6-4-15)13-22-10-9-20-14-22/h3-11,14,21H,12-13H2,1-2H3. The Labute approximate surface area is 158 Å². The summed E-state index contributed by atoms with van der Waals surface area (Å²) in [5.41, 5.74) is 1.98. The molecular weight excluding hydrogens is 366 g/mol. The third kappa shape index (κ3) is 4.66. The van der Waals surface area contributed by atoms with Gasteiger partial charge in [0.2, 0.25) is 10.0 Å². The zero-order valence-corrected chi connectivity index (χ0v) is 15.9. The lowest BCUT2D eigenvalue weighted by atomic mass is 10.1. The van der Waals surface area contributed by atoms with Gasteiger partial charge in [0, 0.05) is 31.5 Å². The van der Waals surface area contributed by atoms with E-state index < -0.39 is 10.0 Å². The van der Waals surface area contributed by atoms with Crippen LogP contribution in [0.1, 0.15) is 11.1 Å². The molecule has 1 aromatic heterocycles. The minimum atomic E-state index is -3.67. The normalized spacial score (nSPS) is 11.3. The molecule has 2 aromatic carbocycles. The van der Waals surface area contributed by atoms with E-state index in [0.717, 1.165) is 17.7 Å². The van der Waals surface area contributed by atoms with Gasteiger partial charge in [0.25, 0.3) is 0 Å². The molecule has 0 saturated heterocycles. The van der Waals surface area contributed by atoms with Gasteiger partial charge in [0.1, 0.15) is 0 Å². The van der Waals surface area contributed by atoms with Gasteiger partial charge in [-0.1, -0.05) is 24.3 Å². The second-order valence-corrected chi connectivity index (χ2v) is 7.66. The third-order valence-electron chi connectivity index (χ3n) is 4.08. The van der Waals surface area contributed by atoms with E-state index in [2.05, 4.69) is 9.71 Å². The monoisotopic (exact) mass is 387 g/mol. The molecule has 0 bridgehead atoms. The van der Waals surface area contributed by atoms with Crippen molar-refractivity contribution >= 4 is 10.0 Å². The summed E-state index contributed by atoms with van der Waals surface area (Å²) in [5.74, 6) is 0.842. The molecule has 0 aliphatic rings. The zero-order chi connectivity index (χ0) is 19.3. The Morgan fingerprint density at radius 3 is 2.33 bits per heavy atom. The van der Waals surface area contributed by atoms with Crippen molar-refractivity contribution in [2.45, 2.75) is 18.0 Å². The Balaban J connectivity index is 1.66. The van der Waals surface area contributed by atoms with E-state index in [4.69, 9.17) is 9.47 Å². The van der Waals surface area contributed by atoms with Crippen LogP contribution in [0.5, 0.6) is 11.5 Å². The van der Waals surface area contributed by atoms with Crippen LogP contribution in [0.2, 0.25) is 0 Å². The predicted octanol–water partition coefficient (Wildman–Crippen LogP) is 2.43. The van der Waals surface area contributed by atoms with Gasteiger partial charge in [0.05, 0.1) is 25.4 Å². The van der Waals surface area contributed by atoms with E-state index in [1.165, 1.54) is 26.4 Å². The zero-order valence-electron chi connectivity index (χ0n) is 15.1. The van der Waals surface area contributed by atoms with Crippen LogP contribution in [0.3, 0.4) is 0 Å². The maximum atomic E-state index is 12.5. The predicted molar refractivity (Wildman–Crippen MR) is 101 cm³/mol. The van der Waals surface area contributed by atoms with Crippen molar-refractivity contribution in [3.8, 4) is 11.5 Å². The molecular formula is C19H21N3O4S. The number of ether oxygens (including phenoxy) is 2. The number of hydrogen-bond acceptors (Lipinski definition) is 5. The van der Waals surface area contributed by atoms with Crippen LogP contribution in [-0.2, 0) is 23.1 Å². The summed E-state index contributed by atoms with van der Waals surface area (Å²) in [6.45, 7) is 0.916. The largest absolute Gasteiger partial charge is 0.493 e. The lowest BCUT2D eigenvalue weighted by Crippen LogP contribution is -2.23. The number of benzene rings is 2. The van der Waals surface area contributed by atoms with Gasteiger partial charge in [-0.2, -0.15) is 0 Å². The molecule has 27 heavy (non-hydrogen) atoms. The van der Waals surface area contributed by atoms with Crippen LogP contribution in [0, 0.1) is 0 Å². The number of hydrogen-bond donors (Lipinski definition) is 1. The molecule has 3 aromatic rings. The first-order chi connectivity index (χ1) is 13.0. The summed E-state index contributed by atoms with van der Waals surface area (Å²) < 4.78 is 39.9. The molecule has 142 valence electrons. The molecule has 0 unspecified atom stereocenters.